The van der Waals surface area contributed by atoms with Crippen molar-refractivity contribution in [2.24, 2.45) is 11.8 Å². The fraction of sp³-hybridized carbons (Fsp3) is 0.581. The average Bonchev–Trinajstić information content (AvgIpc) is 4.17. The fourth-order valence-electron chi connectivity index (χ4n) is 8.99. The Hall–Kier alpha value is -0.511. The Balaban J connectivity index is 0. The van der Waals surface area contributed by atoms with Crippen LogP contribution >= 0.6 is 15.8 Å². The molecule has 0 spiro atoms. The summed E-state index contributed by atoms with van der Waals surface area (Å²) in [6.07, 6.45) is 50.8. The molecule has 0 heterocycles. The maximum atomic E-state index is 3.35. The molecule has 0 nitrogen and oxygen atoms in total. The molecule has 0 fully saturated rings. The molecule has 0 saturated carbocycles. The van der Waals surface area contributed by atoms with Crippen molar-refractivity contribution in [3.63, 3.8) is 0 Å². The van der Waals surface area contributed by atoms with Gasteiger partial charge in [0, 0.05) is 0 Å². The van der Waals surface area contributed by atoms with Crippen molar-refractivity contribution >= 4 is 48.0 Å². The predicted molar refractivity (Wildman–Crippen MR) is 297 cm³/mol. The SMILES string of the molecule is CCCC(C)C1=[C-]CC=C1.CCCC(C)C1=[C-]CC=C1.CCCCCCP(CCCCCC)c1cc2ccccc2[cH-]1.CCCCCCP(CCCCCC)c1cc2ccccc2[cH-]1.[Cl-].[Cl-].[Ti+2].[Ti+2]. The molecule has 0 radical (unpaired) electrons. The van der Waals surface area contributed by atoms with Crippen LogP contribution in [0.4, 0.5) is 0 Å². The summed E-state index contributed by atoms with van der Waals surface area (Å²) in [5.74, 6) is 1.45. The molecule has 0 aliphatic heterocycles. The zero-order valence-corrected chi connectivity index (χ0v) is 50.9. The molecule has 376 valence electrons. The van der Waals surface area contributed by atoms with E-state index in [1.54, 1.807) is 10.6 Å². The zero-order valence-electron chi connectivity index (χ0n) is 44.4. The number of hydrogen-bond donors (Lipinski definition) is 0. The van der Waals surface area contributed by atoms with Crippen molar-refractivity contribution in [3.05, 3.63) is 120 Å². The number of fused-ring (bicyclic) bond motifs is 2. The Bertz CT molecular complexity index is 1660. The summed E-state index contributed by atoms with van der Waals surface area (Å²) >= 11 is 0. The second kappa shape index (κ2) is 45.1. The molecule has 0 amide bonds. The molecule has 0 N–H and O–H groups in total. The number of hydrogen-bond acceptors (Lipinski definition) is 0. The van der Waals surface area contributed by atoms with Crippen LogP contribution in [0, 0.1) is 24.0 Å². The molecule has 4 aromatic rings. The Morgan fingerprint density at radius 2 is 0.779 bits per heavy atom. The van der Waals surface area contributed by atoms with Crippen LogP contribution in [0.15, 0.2) is 108 Å². The summed E-state index contributed by atoms with van der Waals surface area (Å²) in [4.78, 5) is 0. The maximum Gasteiger partial charge on any atom is 2.00 e. The summed E-state index contributed by atoms with van der Waals surface area (Å²) in [5, 5.41) is 9.06. The third kappa shape index (κ3) is 28.7. The molecule has 6 heteroatoms. The second-order valence-electron chi connectivity index (χ2n) is 18.8. The Kier molecular flexibility index (Phi) is 46.2. The van der Waals surface area contributed by atoms with Gasteiger partial charge in [0.1, 0.15) is 0 Å². The standard InChI is InChI=1S/2C21H32P.2C10H15.2ClH.2Ti/c2*1-3-5-7-11-15-22(16-12-8-6-4-2)21-17-19-13-9-10-14-20(19)18-21;2*1-3-6-9(2)10-7-4-5-8-10;;;;/h2*9-10,13-14,17-18H,3-8,11-12,15-16H2,1-2H3;2*4,7,9H,3,5-6H2,1-2H3;2*1H;;/q4*-1;;;2*+2/p-2. The summed E-state index contributed by atoms with van der Waals surface area (Å²) in [6.45, 7) is 18.2. The molecule has 68 heavy (non-hydrogen) atoms. The molecule has 0 saturated heterocycles. The average molecular weight is 1070 g/mol. The molecule has 0 bridgehead atoms. The van der Waals surface area contributed by atoms with Gasteiger partial charge >= 0.3 is 43.4 Å². The molecule has 0 aromatic heterocycles. The van der Waals surface area contributed by atoms with E-state index in [0.717, 1.165) is 24.7 Å². The van der Waals surface area contributed by atoms with E-state index in [0.29, 0.717) is 0 Å². The summed E-state index contributed by atoms with van der Waals surface area (Å²) in [6, 6.07) is 27.6. The fourth-order valence-corrected chi connectivity index (χ4v) is 14.2. The second-order valence-corrected chi connectivity index (χ2v) is 23.7. The predicted octanol–water partition coefficient (Wildman–Crippen LogP) is 13.9. The number of allylic oxidation sites excluding steroid dienone is 8. The monoisotopic (exact) mass is 1070 g/mol. The van der Waals surface area contributed by atoms with Crippen molar-refractivity contribution in [3.8, 4) is 0 Å². The quantitative estimate of drug-likeness (QED) is 0.0230. The first-order chi connectivity index (χ1) is 31.4. The van der Waals surface area contributed by atoms with E-state index in [4.69, 9.17) is 0 Å². The Labute approximate surface area is 465 Å². The van der Waals surface area contributed by atoms with E-state index < -0.39 is 0 Å². The van der Waals surface area contributed by atoms with Crippen LogP contribution in [-0.2, 0) is 43.4 Å². The number of benzene rings is 2. The van der Waals surface area contributed by atoms with Gasteiger partial charge in [0.25, 0.3) is 0 Å². The smallest absolute Gasteiger partial charge is 1.00 e. The van der Waals surface area contributed by atoms with E-state index in [-0.39, 0.29) is 84.1 Å². The Morgan fingerprint density at radius 1 is 0.456 bits per heavy atom. The number of unbranched alkanes of at least 4 members (excludes halogenated alkanes) is 12. The van der Waals surface area contributed by atoms with Crippen LogP contribution in [-0.4, -0.2) is 24.6 Å². The molecular formula is C62H94Cl2P2Ti2-2. The van der Waals surface area contributed by atoms with Gasteiger partial charge < -0.3 is 24.8 Å². The van der Waals surface area contributed by atoms with Crippen LogP contribution < -0.4 is 35.4 Å². The van der Waals surface area contributed by atoms with Gasteiger partial charge in [0.15, 0.2) is 0 Å². The van der Waals surface area contributed by atoms with Gasteiger partial charge in [-0.3, -0.25) is 12.2 Å². The van der Waals surface area contributed by atoms with Crippen LogP contribution in [0.3, 0.4) is 0 Å². The molecule has 2 atom stereocenters. The normalized spacial score (nSPS) is 13.1. The molecule has 6 rings (SSSR count). The summed E-state index contributed by atoms with van der Waals surface area (Å²) in [7, 11) is 0.128. The van der Waals surface area contributed by atoms with Crippen LogP contribution in [0.1, 0.15) is 197 Å². The van der Waals surface area contributed by atoms with Crippen LogP contribution in [0.25, 0.3) is 21.5 Å². The van der Waals surface area contributed by atoms with Crippen LogP contribution in [0.2, 0.25) is 0 Å². The summed E-state index contributed by atoms with van der Waals surface area (Å²) < 4.78 is 0. The van der Waals surface area contributed by atoms with Gasteiger partial charge in [-0.2, -0.15) is 24.3 Å². The zero-order chi connectivity index (χ0) is 46.0. The van der Waals surface area contributed by atoms with E-state index in [2.05, 4.69) is 165 Å². The van der Waals surface area contributed by atoms with Gasteiger partial charge in [-0.15, -0.1) is 93.5 Å². The van der Waals surface area contributed by atoms with E-state index >= 15 is 0 Å². The largest absolute Gasteiger partial charge is 2.00 e. The molecule has 2 unspecified atom stereocenters. The third-order valence-electron chi connectivity index (χ3n) is 13.0. The van der Waals surface area contributed by atoms with E-state index in [1.165, 1.54) is 186 Å². The summed E-state index contributed by atoms with van der Waals surface area (Å²) in [5.41, 5.74) is 2.84. The first kappa shape index (κ1) is 69.6. The van der Waals surface area contributed by atoms with Crippen molar-refractivity contribution in [1.82, 2.24) is 0 Å². The van der Waals surface area contributed by atoms with Gasteiger partial charge in [-0.05, 0) is 63.2 Å². The molecule has 2 aliphatic carbocycles. The maximum absolute atomic E-state index is 3.35. The van der Waals surface area contributed by atoms with Crippen molar-refractivity contribution in [2.45, 2.75) is 197 Å². The topological polar surface area (TPSA) is 0 Å². The van der Waals surface area contributed by atoms with Gasteiger partial charge in [-0.25, -0.2) is 23.3 Å². The minimum absolute atomic E-state index is 0. The number of rotatable bonds is 28. The Morgan fingerprint density at radius 3 is 1.04 bits per heavy atom. The van der Waals surface area contributed by atoms with Crippen molar-refractivity contribution < 1.29 is 68.2 Å². The number of halogens is 2. The van der Waals surface area contributed by atoms with Gasteiger partial charge in [0.2, 0.25) is 0 Å². The van der Waals surface area contributed by atoms with Crippen molar-refractivity contribution in [2.75, 3.05) is 24.6 Å². The van der Waals surface area contributed by atoms with Crippen LogP contribution in [0.5, 0.6) is 0 Å². The van der Waals surface area contributed by atoms with E-state index in [1.807, 2.05) is 0 Å². The van der Waals surface area contributed by atoms with E-state index in [9.17, 15) is 0 Å². The minimum atomic E-state index is 0. The minimum Gasteiger partial charge on any atom is -1.00 e. The first-order valence-electron chi connectivity index (χ1n) is 26.7. The molecular weight excluding hydrogens is 973 g/mol. The molecule has 2 aliphatic rings. The molecule has 4 aromatic carbocycles. The third-order valence-corrected chi connectivity index (χ3v) is 18.4. The van der Waals surface area contributed by atoms with Gasteiger partial charge in [0.05, 0.1) is 0 Å². The first-order valence-corrected chi connectivity index (χ1v) is 30.2. The van der Waals surface area contributed by atoms with Gasteiger partial charge in [-0.1, -0.05) is 185 Å². The van der Waals surface area contributed by atoms with Crippen molar-refractivity contribution in [1.29, 1.82) is 0 Å².